The summed E-state index contributed by atoms with van der Waals surface area (Å²) in [5.74, 6) is 1.73. The molecule has 158 valence electrons. The molecule has 8 nitrogen and oxygen atoms in total. The number of nitrogens with one attached hydrogen (secondary N) is 1. The molecule has 2 aromatic rings. The van der Waals surface area contributed by atoms with Gasteiger partial charge in [-0.2, -0.15) is 0 Å². The van der Waals surface area contributed by atoms with Crippen LogP contribution in [0.25, 0.3) is 0 Å². The van der Waals surface area contributed by atoms with Crippen molar-refractivity contribution in [3.8, 4) is 0 Å². The van der Waals surface area contributed by atoms with Crippen molar-refractivity contribution in [2.45, 2.75) is 32.9 Å². The highest BCUT2D eigenvalue weighted by atomic mass is 127. The minimum Gasteiger partial charge on any atom is -0.354 e. The molecule has 1 amide bonds. The van der Waals surface area contributed by atoms with E-state index in [4.69, 9.17) is 0 Å². The van der Waals surface area contributed by atoms with E-state index in [1.807, 2.05) is 4.57 Å². The minimum atomic E-state index is -0.0104. The van der Waals surface area contributed by atoms with Gasteiger partial charge in [-0.15, -0.1) is 34.2 Å². The van der Waals surface area contributed by atoms with Crippen molar-refractivity contribution in [1.29, 1.82) is 0 Å². The van der Waals surface area contributed by atoms with Gasteiger partial charge in [-0.05, 0) is 17.5 Å². The van der Waals surface area contributed by atoms with Gasteiger partial charge >= 0.3 is 0 Å². The molecule has 0 aliphatic carbocycles. The number of aromatic nitrogens is 3. The Morgan fingerprint density at radius 3 is 2.76 bits per heavy atom. The van der Waals surface area contributed by atoms with Crippen LogP contribution in [-0.4, -0.2) is 70.2 Å². The molecule has 0 radical (unpaired) electrons. The number of hydrogen-bond donors (Lipinski definition) is 1. The lowest BCUT2D eigenvalue weighted by Gasteiger charge is -2.32. The molecule has 0 saturated heterocycles. The molecule has 0 fully saturated rings. The van der Waals surface area contributed by atoms with Crippen LogP contribution in [0.5, 0.6) is 0 Å². The predicted octanol–water partition coefficient (Wildman–Crippen LogP) is 1.55. The number of carbonyl (C=O) groups excluding carboxylic acids is 1. The highest BCUT2D eigenvalue weighted by Gasteiger charge is 2.19. The van der Waals surface area contributed by atoms with Gasteiger partial charge < -0.3 is 19.7 Å². The normalized spacial score (nSPS) is 13.5. The second-order valence-electron chi connectivity index (χ2n) is 7.09. The largest absolute Gasteiger partial charge is 0.354 e. The summed E-state index contributed by atoms with van der Waals surface area (Å²) in [4.78, 5) is 20.4. The number of benzene rings is 1. The standard InChI is InChI=1S/C20H29N7O.HI/c1-4-18-24-23-15-27(18)12-10-21-20(22-13-19(28)25(2)3)26-11-9-16-7-5-6-8-17(16)14-26;/h5-8,15H,4,9-14H2,1-3H3,(H,21,22);1H. The summed E-state index contributed by atoms with van der Waals surface area (Å²) in [6.45, 7) is 5.33. The molecule has 0 saturated carbocycles. The number of likely N-dealkylation sites (N-methyl/N-ethyl adjacent to an activating group) is 1. The lowest BCUT2D eigenvalue weighted by molar-refractivity contribution is -0.127. The summed E-state index contributed by atoms with van der Waals surface area (Å²) < 4.78 is 2.04. The Hall–Kier alpha value is -2.17. The van der Waals surface area contributed by atoms with Crippen LogP contribution in [0.4, 0.5) is 0 Å². The van der Waals surface area contributed by atoms with Crippen molar-refractivity contribution in [2.75, 3.05) is 33.7 Å². The topological polar surface area (TPSA) is 78.6 Å². The Morgan fingerprint density at radius 2 is 2.03 bits per heavy atom. The molecule has 0 unspecified atom stereocenters. The number of amides is 1. The second-order valence-corrected chi connectivity index (χ2v) is 7.09. The van der Waals surface area contributed by atoms with Crippen molar-refractivity contribution < 1.29 is 4.79 Å². The van der Waals surface area contributed by atoms with E-state index in [0.717, 1.165) is 44.3 Å². The van der Waals surface area contributed by atoms with Crippen molar-refractivity contribution in [1.82, 2.24) is 29.9 Å². The molecule has 0 atom stereocenters. The van der Waals surface area contributed by atoms with Gasteiger partial charge in [-0.1, -0.05) is 31.2 Å². The van der Waals surface area contributed by atoms with E-state index in [1.54, 1.807) is 25.3 Å². The molecule has 1 aliphatic heterocycles. The molecule has 3 rings (SSSR count). The fraction of sp³-hybridized carbons (Fsp3) is 0.500. The number of guanidine groups is 1. The van der Waals surface area contributed by atoms with Crippen molar-refractivity contribution in [2.24, 2.45) is 4.99 Å². The number of rotatable bonds is 6. The van der Waals surface area contributed by atoms with E-state index in [-0.39, 0.29) is 36.4 Å². The van der Waals surface area contributed by atoms with Crippen LogP contribution in [0.3, 0.4) is 0 Å². The maximum absolute atomic E-state index is 12.0. The number of aryl methyl sites for hydroxylation is 1. The highest BCUT2D eigenvalue weighted by molar-refractivity contribution is 14.0. The molecular weight excluding hydrogens is 481 g/mol. The van der Waals surface area contributed by atoms with Crippen LogP contribution in [0.1, 0.15) is 23.9 Å². The average Bonchev–Trinajstić information content (AvgIpc) is 3.17. The maximum Gasteiger partial charge on any atom is 0.243 e. The molecule has 0 spiro atoms. The van der Waals surface area contributed by atoms with Crippen LogP contribution < -0.4 is 5.32 Å². The Balaban J connectivity index is 0.00000300. The van der Waals surface area contributed by atoms with Gasteiger partial charge in [0, 0.05) is 46.7 Å². The van der Waals surface area contributed by atoms with Gasteiger partial charge in [0.25, 0.3) is 0 Å². The van der Waals surface area contributed by atoms with Crippen LogP contribution >= 0.6 is 24.0 Å². The predicted molar refractivity (Wildman–Crippen MR) is 124 cm³/mol. The monoisotopic (exact) mass is 511 g/mol. The summed E-state index contributed by atoms with van der Waals surface area (Å²) in [5, 5.41) is 11.5. The number of halogens is 1. The van der Waals surface area contributed by atoms with E-state index < -0.39 is 0 Å². The summed E-state index contributed by atoms with van der Waals surface area (Å²) in [6.07, 6.45) is 3.58. The Labute approximate surface area is 189 Å². The second kappa shape index (κ2) is 11.1. The van der Waals surface area contributed by atoms with Crippen LogP contribution in [0.2, 0.25) is 0 Å². The molecule has 1 aliphatic rings. The van der Waals surface area contributed by atoms with Crippen LogP contribution in [-0.2, 0) is 30.7 Å². The summed E-state index contributed by atoms with van der Waals surface area (Å²) in [6, 6.07) is 8.50. The smallest absolute Gasteiger partial charge is 0.243 e. The molecule has 29 heavy (non-hydrogen) atoms. The fourth-order valence-electron chi connectivity index (χ4n) is 3.26. The molecular formula is C20H30IN7O. The Morgan fingerprint density at radius 1 is 1.28 bits per heavy atom. The van der Waals surface area contributed by atoms with Gasteiger partial charge in [0.15, 0.2) is 5.96 Å². The van der Waals surface area contributed by atoms with Gasteiger partial charge in [0.2, 0.25) is 5.91 Å². The zero-order chi connectivity index (χ0) is 19.9. The number of nitrogens with zero attached hydrogens (tertiary/aromatic N) is 6. The van der Waals surface area contributed by atoms with Crippen molar-refractivity contribution in [3.63, 3.8) is 0 Å². The van der Waals surface area contributed by atoms with E-state index in [2.05, 4.69) is 56.6 Å². The number of aliphatic imine (C=N–C) groups is 1. The SMILES string of the molecule is CCc1nncn1CCNC(=NCC(=O)N(C)C)N1CCc2ccccc2C1.I. The first-order valence-corrected chi connectivity index (χ1v) is 9.75. The summed E-state index contributed by atoms with van der Waals surface area (Å²) in [5.41, 5.74) is 2.70. The first-order chi connectivity index (χ1) is 13.6. The third-order valence-corrected chi connectivity index (χ3v) is 4.94. The Bertz CT molecular complexity index is 834. The zero-order valence-corrected chi connectivity index (χ0v) is 19.7. The number of carbonyl (C=O) groups is 1. The molecule has 1 aromatic carbocycles. The summed E-state index contributed by atoms with van der Waals surface area (Å²) in [7, 11) is 3.50. The third kappa shape index (κ3) is 6.15. The van der Waals surface area contributed by atoms with Crippen molar-refractivity contribution >= 4 is 35.8 Å². The number of hydrogen-bond acceptors (Lipinski definition) is 4. The van der Waals surface area contributed by atoms with E-state index in [1.165, 1.54) is 11.1 Å². The average molecular weight is 511 g/mol. The zero-order valence-electron chi connectivity index (χ0n) is 17.3. The van der Waals surface area contributed by atoms with Gasteiger partial charge in [-0.25, -0.2) is 4.99 Å². The maximum atomic E-state index is 12.0. The number of fused-ring (bicyclic) bond motifs is 1. The van der Waals surface area contributed by atoms with Gasteiger partial charge in [-0.3, -0.25) is 4.79 Å². The molecule has 9 heteroatoms. The molecule has 1 aromatic heterocycles. The van der Waals surface area contributed by atoms with E-state index >= 15 is 0 Å². The first kappa shape index (κ1) is 23.1. The minimum absolute atomic E-state index is 0. The van der Waals surface area contributed by atoms with Crippen molar-refractivity contribution in [3.05, 3.63) is 47.5 Å². The van der Waals surface area contributed by atoms with Gasteiger partial charge in [0.05, 0.1) is 0 Å². The van der Waals surface area contributed by atoms with Crippen LogP contribution in [0, 0.1) is 0 Å². The summed E-state index contributed by atoms with van der Waals surface area (Å²) >= 11 is 0. The van der Waals surface area contributed by atoms with E-state index in [9.17, 15) is 4.79 Å². The third-order valence-electron chi connectivity index (χ3n) is 4.94. The molecule has 1 N–H and O–H groups in total. The fourth-order valence-corrected chi connectivity index (χ4v) is 3.26. The Kier molecular flexibility index (Phi) is 8.87. The quantitative estimate of drug-likeness (QED) is 0.362. The van der Waals surface area contributed by atoms with E-state index in [0.29, 0.717) is 6.54 Å². The first-order valence-electron chi connectivity index (χ1n) is 9.75. The van der Waals surface area contributed by atoms with Gasteiger partial charge in [0.1, 0.15) is 18.7 Å². The molecule has 0 bridgehead atoms. The molecule has 2 heterocycles. The lowest BCUT2D eigenvalue weighted by atomic mass is 10.0. The van der Waals surface area contributed by atoms with Crippen LogP contribution in [0.15, 0.2) is 35.6 Å². The highest BCUT2D eigenvalue weighted by Crippen LogP contribution is 2.18. The lowest BCUT2D eigenvalue weighted by Crippen LogP contribution is -2.45.